The molecule has 1 spiro atoms. The third-order valence-electron chi connectivity index (χ3n) is 10.4. The van der Waals surface area contributed by atoms with Crippen molar-refractivity contribution in [1.82, 2.24) is 15.5 Å². The van der Waals surface area contributed by atoms with E-state index in [9.17, 15) is 14.7 Å². The summed E-state index contributed by atoms with van der Waals surface area (Å²) >= 11 is 0. The van der Waals surface area contributed by atoms with Crippen LogP contribution in [0.4, 0.5) is 5.69 Å². The number of nitrogens with zero attached hydrogens (tertiary/aromatic N) is 2. The standard InChI is InChI=1S/C40H44N4O5/c1-28-35(25-43-22-20-40(21-23-43)39(47)42-27-44(40)34-10-6-3-7-11-34)48-38(49-36(28)31-16-14-30(26-45)15-17-31)33-18-12-29(13-19-33)24-41-37(46)32-8-4-2-5-9-32/h2-19,28,35-36,38,45H,20-27H2,1H3,(H,41,46)(H,42,47)/t28-,35+,36+,38+/m1/s1. The molecule has 0 aromatic heterocycles. The van der Waals surface area contributed by atoms with Crippen LogP contribution in [0.5, 0.6) is 0 Å². The van der Waals surface area contributed by atoms with Gasteiger partial charge in [0.25, 0.3) is 5.91 Å². The van der Waals surface area contributed by atoms with Crippen LogP contribution in [0.3, 0.4) is 0 Å². The summed E-state index contributed by atoms with van der Waals surface area (Å²) in [7, 11) is 0. The van der Waals surface area contributed by atoms with Crippen molar-refractivity contribution in [2.24, 2.45) is 5.92 Å². The summed E-state index contributed by atoms with van der Waals surface area (Å²) in [4.78, 5) is 30.5. The van der Waals surface area contributed by atoms with E-state index < -0.39 is 11.8 Å². The molecule has 254 valence electrons. The van der Waals surface area contributed by atoms with E-state index in [0.717, 1.165) is 60.4 Å². The Morgan fingerprint density at radius 2 is 1.49 bits per heavy atom. The number of rotatable bonds is 9. The number of benzene rings is 4. The zero-order valence-electron chi connectivity index (χ0n) is 27.8. The number of para-hydroxylation sites is 1. The highest BCUT2D eigenvalue weighted by Crippen LogP contribution is 2.43. The Bertz CT molecular complexity index is 1710. The monoisotopic (exact) mass is 660 g/mol. The van der Waals surface area contributed by atoms with Crippen LogP contribution >= 0.6 is 0 Å². The van der Waals surface area contributed by atoms with Crippen molar-refractivity contribution in [2.45, 2.75) is 57.0 Å². The average Bonchev–Trinajstić information content (AvgIpc) is 3.47. The third kappa shape index (κ3) is 6.98. The molecule has 7 rings (SSSR count). The average molecular weight is 661 g/mol. The van der Waals surface area contributed by atoms with E-state index in [1.165, 1.54) is 0 Å². The van der Waals surface area contributed by atoms with E-state index in [4.69, 9.17) is 9.47 Å². The molecule has 3 fully saturated rings. The third-order valence-corrected chi connectivity index (χ3v) is 10.4. The Balaban J connectivity index is 1.05. The van der Waals surface area contributed by atoms with Gasteiger partial charge in [0.05, 0.1) is 25.5 Å². The summed E-state index contributed by atoms with van der Waals surface area (Å²) < 4.78 is 13.4. The topological polar surface area (TPSA) is 103 Å². The molecule has 3 aliphatic heterocycles. The second kappa shape index (κ2) is 14.5. The van der Waals surface area contributed by atoms with Gasteiger partial charge in [0.2, 0.25) is 5.91 Å². The van der Waals surface area contributed by atoms with E-state index in [-0.39, 0.29) is 36.5 Å². The van der Waals surface area contributed by atoms with Crippen LogP contribution in [0.1, 0.15) is 64.8 Å². The van der Waals surface area contributed by atoms with Crippen molar-refractivity contribution in [3.63, 3.8) is 0 Å². The predicted octanol–water partition coefficient (Wildman–Crippen LogP) is 5.33. The normalized spacial score (nSPS) is 23.7. The van der Waals surface area contributed by atoms with Gasteiger partial charge in [0.1, 0.15) is 5.54 Å². The number of anilines is 1. The minimum Gasteiger partial charge on any atom is -0.392 e. The van der Waals surface area contributed by atoms with E-state index in [1.807, 2.05) is 84.9 Å². The smallest absolute Gasteiger partial charge is 0.251 e. The second-order valence-electron chi connectivity index (χ2n) is 13.4. The molecule has 0 aliphatic carbocycles. The molecule has 0 bridgehead atoms. The zero-order valence-corrected chi connectivity index (χ0v) is 27.8. The Kier molecular flexibility index (Phi) is 9.77. The molecule has 4 aromatic carbocycles. The molecule has 3 heterocycles. The first kappa shape index (κ1) is 33.0. The number of ether oxygens (including phenoxy) is 2. The summed E-state index contributed by atoms with van der Waals surface area (Å²) in [5, 5.41) is 15.7. The van der Waals surface area contributed by atoms with E-state index in [1.54, 1.807) is 12.1 Å². The molecular weight excluding hydrogens is 616 g/mol. The Morgan fingerprint density at radius 3 is 2.16 bits per heavy atom. The highest BCUT2D eigenvalue weighted by atomic mass is 16.7. The lowest BCUT2D eigenvalue weighted by atomic mass is 9.84. The van der Waals surface area contributed by atoms with Gasteiger partial charge in [0.15, 0.2) is 6.29 Å². The molecule has 2 amide bonds. The first-order valence-electron chi connectivity index (χ1n) is 17.2. The number of amides is 2. The minimum absolute atomic E-state index is 0.00988. The number of hydrogen-bond acceptors (Lipinski definition) is 7. The maximum atomic E-state index is 13.2. The van der Waals surface area contributed by atoms with Gasteiger partial charge in [-0.1, -0.05) is 91.9 Å². The lowest BCUT2D eigenvalue weighted by molar-refractivity contribution is -0.276. The molecule has 3 aliphatic rings. The summed E-state index contributed by atoms with van der Waals surface area (Å²) in [6, 6.07) is 35.4. The number of likely N-dealkylation sites (tertiary alicyclic amines) is 1. The molecule has 9 heteroatoms. The summed E-state index contributed by atoms with van der Waals surface area (Å²) in [5.41, 5.74) is 4.94. The van der Waals surface area contributed by atoms with Gasteiger partial charge in [-0.2, -0.15) is 0 Å². The Morgan fingerprint density at radius 1 is 0.857 bits per heavy atom. The molecule has 4 aromatic rings. The number of carbonyl (C=O) groups excluding carboxylic acids is 2. The first-order valence-corrected chi connectivity index (χ1v) is 17.2. The lowest BCUT2D eigenvalue weighted by Gasteiger charge is -2.46. The van der Waals surface area contributed by atoms with Crippen LogP contribution in [-0.2, 0) is 27.4 Å². The Hall–Kier alpha value is -4.54. The van der Waals surface area contributed by atoms with E-state index in [0.29, 0.717) is 18.8 Å². The van der Waals surface area contributed by atoms with Crippen molar-refractivity contribution >= 4 is 17.5 Å². The van der Waals surface area contributed by atoms with Gasteiger partial charge in [0, 0.05) is 48.9 Å². The summed E-state index contributed by atoms with van der Waals surface area (Å²) in [5.74, 6) is 0.0527. The predicted molar refractivity (Wildman–Crippen MR) is 187 cm³/mol. The van der Waals surface area contributed by atoms with Gasteiger partial charge in [-0.05, 0) is 53.8 Å². The highest BCUT2D eigenvalue weighted by molar-refractivity contribution is 5.94. The van der Waals surface area contributed by atoms with Crippen LogP contribution in [0, 0.1) is 5.92 Å². The zero-order chi connectivity index (χ0) is 33.8. The number of aliphatic hydroxyl groups excluding tert-OH is 1. The van der Waals surface area contributed by atoms with Gasteiger partial charge in [-0.3, -0.25) is 9.59 Å². The Labute approximate surface area is 287 Å². The fraction of sp³-hybridized carbons (Fsp3) is 0.350. The van der Waals surface area contributed by atoms with Crippen molar-refractivity contribution in [1.29, 1.82) is 0 Å². The van der Waals surface area contributed by atoms with Crippen LogP contribution in [0.2, 0.25) is 0 Å². The van der Waals surface area contributed by atoms with Gasteiger partial charge >= 0.3 is 0 Å². The maximum Gasteiger partial charge on any atom is 0.251 e. The largest absolute Gasteiger partial charge is 0.392 e. The fourth-order valence-electron chi connectivity index (χ4n) is 7.39. The quantitative estimate of drug-likeness (QED) is 0.223. The second-order valence-corrected chi connectivity index (χ2v) is 13.4. The molecule has 49 heavy (non-hydrogen) atoms. The maximum absolute atomic E-state index is 13.2. The van der Waals surface area contributed by atoms with Gasteiger partial charge in [-0.25, -0.2) is 0 Å². The van der Waals surface area contributed by atoms with Gasteiger partial charge < -0.3 is 35.0 Å². The molecule has 0 unspecified atom stereocenters. The molecule has 3 saturated heterocycles. The SMILES string of the molecule is C[C@@H]1[C@H](CN2CCC3(CC2)C(=O)NCN3c2ccccc2)O[C@H](c2ccc(CNC(=O)c3ccccc3)cc2)O[C@@H]1c1ccc(CO)cc1. The van der Waals surface area contributed by atoms with Crippen molar-refractivity contribution in [3.8, 4) is 0 Å². The van der Waals surface area contributed by atoms with E-state index in [2.05, 4.69) is 39.5 Å². The van der Waals surface area contributed by atoms with Crippen LogP contribution in [-0.4, -0.2) is 59.8 Å². The molecule has 0 radical (unpaired) electrons. The highest BCUT2D eigenvalue weighted by Gasteiger charge is 2.51. The van der Waals surface area contributed by atoms with Crippen LogP contribution < -0.4 is 15.5 Å². The molecule has 9 nitrogen and oxygen atoms in total. The molecule has 4 atom stereocenters. The molecule has 0 saturated carbocycles. The number of carbonyl (C=O) groups is 2. The molecular formula is C40H44N4O5. The number of aliphatic hydroxyl groups is 1. The fourth-order valence-corrected chi connectivity index (χ4v) is 7.39. The van der Waals surface area contributed by atoms with Crippen molar-refractivity contribution in [2.75, 3.05) is 31.2 Å². The summed E-state index contributed by atoms with van der Waals surface area (Å²) in [6.45, 7) is 5.40. The van der Waals surface area contributed by atoms with E-state index >= 15 is 0 Å². The lowest BCUT2D eigenvalue weighted by Crippen LogP contribution is -2.57. The van der Waals surface area contributed by atoms with Crippen LogP contribution in [0.15, 0.2) is 109 Å². The number of piperidine rings is 1. The minimum atomic E-state index is -0.581. The van der Waals surface area contributed by atoms with Crippen LogP contribution in [0.25, 0.3) is 0 Å². The summed E-state index contributed by atoms with van der Waals surface area (Å²) in [6.07, 6.45) is 0.558. The van der Waals surface area contributed by atoms with Gasteiger partial charge in [-0.15, -0.1) is 0 Å². The van der Waals surface area contributed by atoms with Crippen molar-refractivity contribution < 1.29 is 24.2 Å². The number of hydrogen-bond donors (Lipinski definition) is 3. The number of nitrogens with one attached hydrogen (secondary N) is 2. The van der Waals surface area contributed by atoms with Crippen molar-refractivity contribution in [3.05, 3.63) is 137 Å². The first-order chi connectivity index (χ1) is 23.9. The molecule has 3 N–H and O–H groups in total.